The number of hydrogen-bond donors (Lipinski definition) is 2. The van der Waals surface area contributed by atoms with E-state index in [1.165, 1.54) is 6.08 Å². The molecule has 0 rings (SSSR count). The maximum atomic E-state index is 8.06. The number of nitrogens with two attached hydrogens (primary N) is 1. The summed E-state index contributed by atoms with van der Waals surface area (Å²) in [6, 6.07) is 1.79. The Balaban J connectivity index is 3.52. The van der Waals surface area contributed by atoms with E-state index in [2.05, 4.69) is 11.9 Å². The Kier molecular flexibility index (Phi) is 3.97. The summed E-state index contributed by atoms with van der Waals surface area (Å²) >= 11 is 0. The summed E-state index contributed by atoms with van der Waals surface area (Å²) < 4.78 is 0. The van der Waals surface area contributed by atoms with E-state index in [1.54, 1.807) is 12.1 Å². The van der Waals surface area contributed by atoms with Gasteiger partial charge >= 0.3 is 0 Å². The number of nitrogens with one attached hydrogen (secondary N) is 1. The van der Waals surface area contributed by atoms with Crippen molar-refractivity contribution in [1.29, 1.82) is 5.26 Å². The number of allylic oxidation sites excluding steroid dienone is 1. The summed E-state index contributed by atoms with van der Waals surface area (Å²) in [6.45, 7) is 4.05. The fourth-order valence-corrected chi connectivity index (χ4v) is 0.311. The normalized spacial score (nSPS) is 9.89. The summed E-state index contributed by atoms with van der Waals surface area (Å²) in [4.78, 5) is 0. The molecule has 0 aromatic carbocycles. The maximum absolute atomic E-state index is 8.06. The van der Waals surface area contributed by atoms with Crippen molar-refractivity contribution >= 4 is 0 Å². The minimum atomic E-state index is 0.373. The predicted molar refractivity (Wildman–Crippen MR) is 36.1 cm³/mol. The zero-order chi connectivity index (χ0) is 7.11. The van der Waals surface area contributed by atoms with Gasteiger partial charge < -0.3 is 11.1 Å². The Labute approximate surface area is 54.5 Å². The summed E-state index contributed by atoms with van der Waals surface area (Å²) in [7, 11) is 0. The molecule has 0 aromatic rings. The van der Waals surface area contributed by atoms with Crippen LogP contribution in [0, 0.1) is 11.3 Å². The second-order valence-corrected chi connectivity index (χ2v) is 1.40. The van der Waals surface area contributed by atoms with E-state index >= 15 is 0 Å². The number of nitrogens with zero attached hydrogens (tertiary/aromatic N) is 1. The fourth-order valence-electron chi connectivity index (χ4n) is 0.311. The van der Waals surface area contributed by atoms with Crippen LogP contribution in [0.5, 0.6) is 0 Å². The van der Waals surface area contributed by atoms with Gasteiger partial charge in [0.05, 0.1) is 12.1 Å². The van der Waals surface area contributed by atoms with Crippen molar-refractivity contribution < 1.29 is 0 Å². The molecule has 0 amide bonds. The number of hydrogen-bond acceptors (Lipinski definition) is 3. The summed E-state index contributed by atoms with van der Waals surface area (Å²) in [5.74, 6) is 0.373. The van der Waals surface area contributed by atoms with Crippen LogP contribution in [-0.4, -0.2) is 6.54 Å². The van der Waals surface area contributed by atoms with Gasteiger partial charge in [0.25, 0.3) is 0 Å². The predicted octanol–water partition coefficient (Wildman–Crippen LogP) is 0.0857. The molecule has 0 bridgehead atoms. The highest BCUT2D eigenvalue weighted by Crippen LogP contribution is 1.72. The molecule has 0 heterocycles. The summed E-state index contributed by atoms with van der Waals surface area (Å²) in [5, 5.41) is 10.8. The molecule has 3 N–H and O–H groups in total. The molecule has 0 atom stereocenters. The highest BCUT2D eigenvalue weighted by atomic mass is 15.0. The van der Waals surface area contributed by atoms with E-state index in [-0.39, 0.29) is 0 Å². The third-order valence-corrected chi connectivity index (χ3v) is 0.671. The molecule has 0 saturated heterocycles. The van der Waals surface area contributed by atoms with Gasteiger partial charge in [0.1, 0.15) is 5.82 Å². The molecule has 0 aromatic heterocycles. The van der Waals surface area contributed by atoms with E-state index < -0.39 is 0 Å². The topological polar surface area (TPSA) is 61.8 Å². The molecule has 0 fully saturated rings. The van der Waals surface area contributed by atoms with Crippen molar-refractivity contribution in [2.75, 3.05) is 6.54 Å². The first kappa shape index (κ1) is 7.57. The summed E-state index contributed by atoms with van der Waals surface area (Å²) in [5.41, 5.74) is 5.25. The van der Waals surface area contributed by atoms with Crippen molar-refractivity contribution in [2.45, 2.75) is 0 Å². The Morgan fingerprint density at radius 2 is 2.56 bits per heavy atom. The van der Waals surface area contributed by atoms with Gasteiger partial charge in [-0.2, -0.15) is 5.26 Å². The van der Waals surface area contributed by atoms with Crippen LogP contribution in [0.25, 0.3) is 0 Å². The van der Waals surface area contributed by atoms with Crippen molar-refractivity contribution in [1.82, 2.24) is 5.32 Å². The zero-order valence-corrected chi connectivity index (χ0v) is 5.09. The first-order valence-corrected chi connectivity index (χ1v) is 2.51. The highest BCUT2D eigenvalue weighted by Gasteiger charge is 1.80. The molecule has 0 unspecified atom stereocenters. The van der Waals surface area contributed by atoms with Gasteiger partial charge in [0.2, 0.25) is 0 Å². The Hall–Kier alpha value is -1.43. The van der Waals surface area contributed by atoms with Gasteiger partial charge in [-0.3, -0.25) is 0 Å². The highest BCUT2D eigenvalue weighted by molar-refractivity contribution is 5.08. The molecule has 0 aliphatic rings. The van der Waals surface area contributed by atoms with E-state index in [9.17, 15) is 0 Å². The molecule has 9 heavy (non-hydrogen) atoms. The SMILES string of the molecule is C=CCNC(N)=CC#N. The van der Waals surface area contributed by atoms with Crippen molar-refractivity contribution in [2.24, 2.45) is 5.73 Å². The molecule has 0 aliphatic heterocycles. The molecule has 0 aliphatic carbocycles. The smallest absolute Gasteiger partial charge is 0.107 e. The first-order chi connectivity index (χ1) is 4.31. The molecule has 0 radical (unpaired) electrons. The second-order valence-electron chi connectivity index (χ2n) is 1.40. The van der Waals surface area contributed by atoms with Crippen LogP contribution in [0.15, 0.2) is 24.6 Å². The van der Waals surface area contributed by atoms with Gasteiger partial charge in [0.15, 0.2) is 0 Å². The minimum absolute atomic E-state index is 0.373. The van der Waals surface area contributed by atoms with Gasteiger partial charge in [0, 0.05) is 6.54 Å². The monoisotopic (exact) mass is 123 g/mol. The average molecular weight is 123 g/mol. The molecule has 48 valence electrons. The van der Waals surface area contributed by atoms with E-state index in [1.807, 2.05) is 0 Å². The lowest BCUT2D eigenvalue weighted by atomic mass is 10.5. The van der Waals surface area contributed by atoms with Crippen LogP contribution in [0.1, 0.15) is 0 Å². The standard InChI is InChI=1S/C6H9N3/c1-2-5-9-6(8)3-4-7/h2-3,9H,1,5,8H2. The largest absolute Gasteiger partial charge is 0.385 e. The van der Waals surface area contributed by atoms with E-state index in [0.717, 1.165) is 0 Å². The first-order valence-electron chi connectivity index (χ1n) is 2.51. The van der Waals surface area contributed by atoms with Gasteiger partial charge in [-0.15, -0.1) is 6.58 Å². The molecular weight excluding hydrogens is 114 g/mol. The second kappa shape index (κ2) is 4.72. The molecule has 0 spiro atoms. The zero-order valence-electron chi connectivity index (χ0n) is 5.09. The van der Waals surface area contributed by atoms with Crippen LogP contribution in [0.2, 0.25) is 0 Å². The van der Waals surface area contributed by atoms with E-state index in [4.69, 9.17) is 11.0 Å². The van der Waals surface area contributed by atoms with Crippen LogP contribution in [-0.2, 0) is 0 Å². The molecular formula is C6H9N3. The Morgan fingerprint density at radius 1 is 1.89 bits per heavy atom. The van der Waals surface area contributed by atoms with Crippen molar-refractivity contribution in [3.63, 3.8) is 0 Å². The molecule has 0 saturated carbocycles. The van der Waals surface area contributed by atoms with Crippen LogP contribution < -0.4 is 11.1 Å². The van der Waals surface area contributed by atoms with Gasteiger partial charge in [-0.05, 0) is 0 Å². The Bertz CT molecular complexity index is 152. The van der Waals surface area contributed by atoms with Gasteiger partial charge in [-0.25, -0.2) is 0 Å². The summed E-state index contributed by atoms with van der Waals surface area (Å²) in [6.07, 6.45) is 2.90. The van der Waals surface area contributed by atoms with Gasteiger partial charge in [-0.1, -0.05) is 6.08 Å². The van der Waals surface area contributed by atoms with E-state index in [0.29, 0.717) is 12.4 Å². The lowest BCUT2D eigenvalue weighted by Gasteiger charge is -1.97. The quantitative estimate of drug-likeness (QED) is 0.413. The lowest BCUT2D eigenvalue weighted by Crippen LogP contribution is -2.19. The Morgan fingerprint density at radius 3 is 3.00 bits per heavy atom. The van der Waals surface area contributed by atoms with Crippen molar-refractivity contribution in [3.05, 3.63) is 24.6 Å². The fraction of sp³-hybridized carbons (Fsp3) is 0.167. The van der Waals surface area contributed by atoms with Crippen molar-refractivity contribution in [3.8, 4) is 6.07 Å². The average Bonchev–Trinajstić information content (AvgIpc) is 1.85. The maximum Gasteiger partial charge on any atom is 0.107 e. The minimum Gasteiger partial charge on any atom is -0.385 e. The number of nitriles is 1. The van der Waals surface area contributed by atoms with Crippen LogP contribution in [0.3, 0.4) is 0 Å². The third-order valence-electron chi connectivity index (χ3n) is 0.671. The number of rotatable bonds is 3. The van der Waals surface area contributed by atoms with Crippen LogP contribution in [0.4, 0.5) is 0 Å². The van der Waals surface area contributed by atoms with Crippen LogP contribution >= 0.6 is 0 Å². The third kappa shape index (κ3) is 4.42. The lowest BCUT2D eigenvalue weighted by molar-refractivity contribution is 0.889. The molecule has 3 nitrogen and oxygen atoms in total. The molecule has 3 heteroatoms.